The molecule has 4 rings (SSSR count). The van der Waals surface area contributed by atoms with Gasteiger partial charge < -0.3 is 11.1 Å². The molecule has 2 heterocycles. The van der Waals surface area contributed by atoms with Crippen LogP contribution in [0, 0.1) is 0 Å². The van der Waals surface area contributed by atoms with Gasteiger partial charge in [-0.25, -0.2) is 10.1 Å². The summed E-state index contributed by atoms with van der Waals surface area (Å²) in [6.07, 6.45) is -0.603. The molecular weight excluding hydrogens is 427 g/mol. The van der Waals surface area contributed by atoms with Crippen LogP contribution in [0.2, 0.25) is 0 Å². The number of halogens is 3. The Bertz CT molecular complexity index is 1250. The van der Waals surface area contributed by atoms with Crippen molar-refractivity contribution in [1.82, 2.24) is 15.2 Å². The second-order valence-corrected chi connectivity index (χ2v) is 8.10. The van der Waals surface area contributed by atoms with Crippen LogP contribution in [0.5, 0.6) is 0 Å². The van der Waals surface area contributed by atoms with Crippen molar-refractivity contribution >= 4 is 27.2 Å². The summed E-state index contributed by atoms with van der Waals surface area (Å²) in [7, 11) is 0. The molecule has 0 saturated heterocycles. The minimum absolute atomic E-state index is 0.253. The van der Waals surface area contributed by atoms with Crippen LogP contribution in [0.4, 0.5) is 18.3 Å². The number of alkyl halides is 3. The zero-order valence-electron chi connectivity index (χ0n) is 16.1. The minimum atomic E-state index is -4.35. The van der Waals surface area contributed by atoms with E-state index < -0.39 is 11.7 Å². The summed E-state index contributed by atoms with van der Waals surface area (Å²) < 4.78 is 38.0. The van der Waals surface area contributed by atoms with Gasteiger partial charge in [0, 0.05) is 24.2 Å². The zero-order chi connectivity index (χ0) is 22.0. The summed E-state index contributed by atoms with van der Waals surface area (Å²) in [5.41, 5.74) is 6.79. The predicted molar refractivity (Wildman–Crippen MR) is 115 cm³/mol. The molecule has 4 N–H and O–H groups in total. The fraction of sp³-hybridized carbons (Fsp3) is 0.190. The molecule has 160 valence electrons. The number of aromatic amines is 1. The van der Waals surface area contributed by atoms with Crippen LogP contribution in [0.15, 0.2) is 59.7 Å². The van der Waals surface area contributed by atoms with Crippen molar-refractivity contribution in [3.8, 4) is 10.4 Å². The van der Waals surface area contributed by atoms with Gasteiger partial charge in [-0.3, -0.25) is 4.79 Å². The van der Waals surface area contributed by atoms with Crippen LogP contribution in [-0.4, -0.2) is 27.8 Å². The maximum Gasteiger partial charge on any atom is 0.416 e. The lowest BCUT2D eigenvalue weighted by molar-refractivity contribution is -0.137. The van der Waals surface area contributed by atoms with E-state index in [0.717, 1.165) is 33.5 Å². The van der Waals surface area contributed by atoms with E-state index in [0.29, 0.717) is 23.5 Å². The standard InChI is InChI=1S/C21H18F3N5OS/c22-21(23,24)15-5-1-12(2-6-15)7-16(25)10-26-20-27-11-18(31-20)13-3-4-14-9-28-29-19(30)17(14)8-13/h1-6,8-9,11,16H,7,10,25H2,(H,26,27)(H,29,30)/t16-/m1/s1. The van der Waals surface area contributed by atoms with E-state index in [2.05, 4.69) is 20.5 Å². The molecule has 0 spiro atoms. The molecule has 0 fully saturated rings. The van der Waals surface area contributed by atoms with Crippen LogP contribution in [-0.2, 0) is 12.6 Å². The zero-order valence-corrected chi connectivity index (χ0v) is 16.9. The highest BCUT2D eigenvalue weighted by atomic mass is 32.1. The summed E-state index contributed by atoms with van der Waals surface area (Å²) in [5.74, 6) is 0. The second kappa shape index (κ2) is 8.48. The summed E-state index contributed by atoms with van der Waals surface area (Å²) >= 11 is 1.42. The summed E-state index contributed by atoms with van der Waals surface area (Å²) in [4.78, 5) is 17.2. The Hall–Kier alpha value is -3.24. The lowest BCUT2D eigenvalue weighted by atomic mass is 10.0. The summed E-state index contributed by atoms with van der Waals surface area (Å²) in [5, 5.41) is 11.3. The number of thiazole rings is 1. The van der Waals surface area contributed by atoms with Crippen molar-refractivity contribution < 1.29 is 13.2 Å². The van der Waals surface area contributed by atoms with Gasteiger partial charge >= 0.3 is 6.18 Å². The molecule has 2 aromatic heterocycles. The molecule has 0 radical (unpaired) electrons. The molecule has 0 amide bonds. The number of fused-ring (bicyclic) bond motifs is 1. The number of hydrogen-bond donors (Lipinski definition) is 3. The molecule has 0 bridgehead atoms. The van der Waals surface area contributed by atoms with Crippen LogP contribution in [0.1, 0.15) is 11.1 Å². The first-order chi connectivity index (χ1) is 14.8. The quantitative estimate of drug-likeness (QED) is 0.416. The highest BCUT2D eigenvalue weighted by Gasteiger charge is 2.29. The first-order valence-electron chi connectivity index (χ1n) is 9.39. The Labute approximate surface area is 179 Å². The van der Waals surface area contributed by atoms with Gasteiger partial charge in [0.2, 0.25) is 0 Å². The average molecular weight is 445 g/mol. The topological polar surface area (TPSA) is 96.7 Å². The van der Waals surface area contributed by atoms with E-state index in [9.17, 15) is 18.0 Å². The number of aromatic nitrogens is 3. The molecule has 0 saturated carbocycles. The molecule has 4 aromatic rings. The molecule has 31 heavy (non-hydrogen) atoms. The van der Waals surface area contributed by atoms with Gasteiger partial charge in [-0.2, -0.15) is 18.3 Å². The van der Waals surface area contributed by atoms with E-state index in [1.807, 2.05) is 12.1 Å². The number of nitrogens with two attached hydrogens (primary N) is 1. The normalized spacial score (nSPS) is 12.8. The molecular formula is C21H18F3N5OS. The second-order valence-electron chi connectivity index (χ2n) is 7.07. The van der Waals surface area contributed by atoms with Crippen LogP contribution in [0.3, 0.4) is 0 Å². The third-order valence-corrected chi connectivity index (χ3v) is 5.76. The summed E-state index contributed by atoms with van der Waals surface area (Å²) in [6, 6.07) is 10.2. The van der Waals surface area contributed by atoms with Crippen LogP contribution in [0.25, 0.3) is 21.2 Å². The number of benzene rings is 2. The van der Waals surface area contributed by atoms with E-state index in [-0.39, 0.29) is 11.6 Å². The fourth-order valence-electron chi connectivity index (χ4n) is 3.15. The van der Waals surface area contributed by atoms with E-state index in [1.165, 1.54) is 23.5 Å². The van der Waals surface area contributed by atoms with Gasteiger partial charge in [-0.1, -0.05) is 35.6 Å². The largest absolute Gasteiger partial charge is 0.416 e. The van der Waals surface area contributed by atoms with Crippen LogP contribution >= 0.6 is 11.3 Å². The first kappa shape index (κ1) is 21.0. The Morgan fingerprint density at radius 2 is 1.90 bits per heavy atom. The van der Waals surface area contributed by atoms with Crippen molar-refractivity contribution in [2.45, 2.75) is 18.6 Å². The summed E-state index contributed by atoms with van der Waals surface area (Å²) in [6.45, 7) is 0.414. The first-order valence-corrected chi connectivity index (χ1v) is 10.2. The molecule has 6 nitrogen and oxygen atoms in total. The van der Waals surface area contributed by atoms with Crippen molar-refractivity contribution in [3.63, 3.8) is 0 Å². The number of anilines is 1. The third kappa shape index (κ3) is 4.92. The van der Waals surface area contributed by atoms with Crippen molar-refractivity contribution in [2.24, 2.45) is 5.73 Å². The van der Waals surface area contributed by atoms with Crippen molar-refractivity contribution in [3.05, 3.63) is 76.3 Å². The highest BCUT2D eigenvalue weighted by molar-refractivity contribution is 7.18. The molecule has 0 aliphatic rings. The maximum atomic E-state index is 12.7. The van der Waals surface area contributed by atoms with Gasteiger partial charge in [0.05, 0.1) is 22.0 Å². The Morgan fingerprint density at radius 3 is 2.65 bits per heavy atom. The smallest absolute Gasteiger partial charge is 0.360 e. The van der Waals surface area contributed by atoms with Crippen molar-refractivity contribution in [1.29, 1.82) is 0 Å². The highest BCUT2D eigenvalue weighted by Crippen LogP contribution is 2.31. The lowest BCUT2D eigenvalue weighted by Crippen LogP contribution is -2.31. The SMILES string of the molecule is N[C@@H](CNc1ncc(-c2ccc3cn[nH]c(=O)c3c2)s1)Cc1ccc(C(F)(F)F)cc1. The number of H-pyrrole nitrogens is 1. The number of nitrogens with one attached hydrogen (secondary N) is 2. The van der Waals surface area contributed by atoms with Gasteiger partial charge in [0.1, 0.15) is 0 Å². The third-order valence-electron chi connectivity index (χ3n) is 4.75. The van der Waals surface area contributed by atoms with E-state index in [1.54, 1.807) is 18.5 Å². The Kier molecular flexibility index (Phi) is 5.75. The monoisotopic (exact) mass is 445 g/mol. The number of hydrogen-bond acceptors (Lipinski definition) is 6. The maximum absolute atomic E-state index is 12.7. The minimum Gasteiger partial charge on any atom is -0.360 e. The van der Waals surface area contributed by atoms with Gasteiger partial charge in [-0.05, 0) is 35.7 Å². The molecule has 0 unspecified atom stereocenters. The fourth-order valence-corrected chi connectivity index (χ4v) is 3.97. The Balaban J connectivity index is 1.38. The Morgan fingerprint density at radius 1 is 1.13 bits per heavy atom. The molecule has 0 aliphatic carbocycles. The molecule has 0 aliphatic heterocycles. The number of nitrogens with zero attached hydrogens (tertiary/aromatic N) is 2. The molecule has 10 heteroatoms. The van der Waals surface area contributed by atoms with Gasteiger partial charge in [-0.15, -0.1) is 0 Å². The van der Waals surface area contributed by atoms with Gasteiger partial charge in [0.25, 0.3) is 5.56 Å². The average Bonchev–Trinajstić information content (AvgIpc) is 3.21. The van der Waals surface area contributed by atoms with Crippen LogP contribution < -0.4 is 16.6 Å². The lowest BCUT2D eigenvalue weighted by Gasteiger charge is -2.13. The predicted octanol–water partition coefficient (Wildman–Crippen LogP) is 4.05. The van der Waals surface area contributed by atoms with Gasteiger partial charge in [0.15, 0.2) is 5.13 Å². The number of rotatable bonds is 6. The van der Waals surface area contributed by atoms with Crippen molar-refractivity contribution in [2.75, 3.05) is 11.9 Å². The molecule has 2 aromatic carbocycles. The van der Waals surface area contributed by atoms with E-state index in [4.69, 9.17) is 5.73 Å². The molecule has 1 atom stereocenters. The van der Waals surface area contributed by atoms with E-state index >= 15 is 0 Å².